The van der Waals surface area contributed by atoms with Gasteiger partial charge in [0.15, 0.2) is 0 Å². The van der Waals surface area contributed by atoms with Crippen LogP contribution in [0.3, 0.4) is 0 Å². The number of hydrogen-bond acceptors (Lipinski definition) is 3. The maximum atomic E-state index is 9.82. The number of alkyl halides is 1. The van der Waals surface area contributed by atoms with Gasteiger partial charge in [0.1, 0.15) is 0 Å². The van der Waals surface area contributed by atoms with Crippen LogP contribution in [0.25, 0.3) is 0 Å². The monoisotopic (exact) mass is 254 g/mol. The molecule has 1 N–H and O–H groups in total. The molecule has 0 saturated carbocycles. The van der Waals surface area contributed by atoms with Crippen LogP contribution in [0.1, 0.15) is 26.7 Å². The van der Waals surface area contributed by atoms with Gasteiger partial charge in [0.05, 0.1) is 6.61 Å². The van der Waals surface area contributed by atoms with Crippen molar-refractivity contribution >= 4 is 27.9 Å². The number of esters is 1. The van der Waals surface area contributed by atoms with Crippen molar-refractivity contribution < 1.29 is 19.4 Å². The van der Waals surface area contributed by atoms with E-state index in [1.54, 1.807) is 6.92 Å². The number of aliphatic carboxylic acids is 1. The van der Waals surface area contributed by atoms with Gasteiger partial charge in [-0.3, -0.25) is 9.59 Å². The van der Waals surface area contributed by atoms with Crippen molar-refractivity contribution in [3.05, 3.63) is 0 Å². The number of hydrogen-bond donors (Lipinski definition) is 1. The molecule has 0 radical (unpaired) electrons. The van der Waals surface area contributed by atoms with E-state index in [2.05, 4.69) is 20.7 Å². The van der Waals surface area contributed by atoms with Crippen molar-refractivity contribution in [3.8, 4) is 0 Å². The molecular formula is C8H15BrO4. The highest BCUT2D eigenvalue weighted by Gasteiger charge is 1.91. The highest BCUT2D eigenvalue weighted by Crippen LogP contribution is 1.91. The zero-order valence-corrected chi connectivity index (χ0v) is 9.46. The Morgan fingerprint density at radius 2 is 2.00 bits per heavy atom. The van der Waals surface area contributed by atoms with Gasteiger partial charge in [0.2, 0.25) is 0 Å². The molecule has 0 aromatic rings. The van der Waals surface area contributed by atoms with Gasteiger partial charge in [0, 0.05) is 18.7 Å². The summed E-state index contributed by atoms with van der Waals surface area (Å²) in [6.45, 7) is 3.65. The van der Waals surface area contributed by atoms with E-state index in [0.717, 1.165) is 11.8 Å². The van der Waals surface area contributed by atoms with E-state index in [1.807, 2.05) is 0 Å². The molecule has 0 aromatic heterocycles. The predicted octanol–water partition coefficient (Wildman–Crippen LogP) is 1.82. The molecule has 0 aliphatic carbocycles. The van der Waals surface area contributed by atoms with E-state index in [9.17, 15) is 9.59 Å². The molecule has 13 heavy (non-hydrogen) atoms. The van der Waals surface area contributed by atoms with E-state index in [0.29, 0.717) is 6.61 Å². The molecule has 0 atom stereocenters. The molecular weight excluding hydrogens is 240 g/mol. The maximum Gasteiger partial charge on any atom is 0.303 e. The molecule has 0 aliphatic heterocycles. The summed E-state index contributed by atoms with van der Waals surface area (Å²) >= 11 is 3.11. The molecule has 0 aromatic carbocycles. The molecule has 0 rings (SSSR count). The molecule has 78 valence electrons. The smallest absolute Gasteiger partial charge is 0.303 e. The van der Waals surface area contributed by atoms with E-state index >= 15 is 0 Å². The molecule has 0 unspecified atom stereocenters. The van der Waals surface area contributed by atoms with Gasteiger partial charge in [-0.2, -0.15) is 0 Å². The van der Waals surface area contributed by atoms with Gasteiger partial charge in [-0.1, -0.05) is 15.9 Å². The second kappa shape index (κ2) is 11.4. The van der Waals surface area contributed by atoms with Crippen molar-refractivity contribution in [1.29, 1.82) is 0 Å². The van der Waals surface area contributed by atoms with Gasteiger partial charge < -0.3 is 9.84 Å². The zero-order valence-electron chi connectivity index (χ0n) is 7.88. The standard InChI is InChI=1S/C4H7BrO2.C4H8O2/c5-3-1-2-4(6)7;1-3-6-4(2)5/h1-3H2,(H,6,7);3H2,1-2H3. The van der Waals surface area contributed by atoms with Crippen LogP contribution < -0.4 is 0 Å². The summed E-state index contributed by atoms with van der Waals surface area (Å²) in [7, 11) is 0. The third-order valence-electron chi connectivity index (χ3n) is 0.872. The van der Waals surface area contributed by atoms with Gasteiger partial charge in [-0.25, -0.2) is 0 Å². The fourth-order valence-electron chi connectivity index (χ4n) is 0.421. The summed E-state index contributed by atoms with van der Waals surface area (Å²) in [5, 5.41) is 8.80. The fourth-order valence-corrected chi connectivity index (χ4v) is 0.702. The highest BCUT2D eigenvalue weighted by atomic mass is 79.9. The van der Waals surface area contributed by atoms with Crippen molar-refractivity contribution in [3.63, 3.8) is 0 Å². The summed E-state index contributed by atoms with van der Waals surface area (Å²) in [5.74, 6) is -0.933. The van der Waals surface area contributed by atoms with Crippen molar-refractivity contribution in [1.82, 2.24) is 0 Å². The first-order valence-electron chi connectivity index (χ1n) is 3.95. The normalized spacial score (nSPS) is 8.23. The Morgan fingerprint density at radius 1 is 1.46 bits per heavy atom. The molecule has 0 fully saturated rings. The Labute approximate surface area is 86.4 Å². The molecule has 5 heteroatoms. The first-order chi connectivity index (χ1) is 6.04. The SMILES string of the molecule is CCOC(C)=O.O=C(O)CCCBr. The van der Waals surface area contributed by atoms with Gasteiger partial charge in [-0.05, 0) is 13.3 Å². The molecule has 4 nitrogen and oxygen atoms in total. The average Bonchev–Trinajstić information content (AvgIpc) is 2.01. The number of halogens is 1. The topological polar surface area (TPSA) is 63.6 Å². The summed E-state index contributed by atoms with van der Waals surface area (Å²) < 4.78 is 4.40. The van der Waals surface area contributed by atoms with Crippen LogP contribution in [0.5, 0.6) is 0 Å². The van der Waals surface area contributed by atoms with Gasteiger partial charge in [-0.15, -0.1) is 0 Å². The lowest BCUT2D eigenvalue weighted by Crippen LogP contribution is -1.95. The fraction of sp³-hybridized carbons (Fsp3) is 0.750. The summed E-state index contributed by atoms with van der Waals surface area (Å²) in [5.41, 5.74) is 0. The van der Waals surface area contributed by atoms with E-state index < -0.39 is 5.97 Å². The van der Waals surface area contributed by atoms with Crippen LogP contribution >= 0.6 is 15.9 Å². The van der Waals surface area contributed by atoms with E-state index in [4.69, 9.17) is 5.11 Å². The predicted molar refractivity (Wildman–Crippen MR) is 53.0 cm³/mol. The lowest BCUT2D eigenvalue weighted by atomic mass is 10.3. The van der Waals surface area contributed by atoms with Crippen molar-refractivity contribution in [2.24, 2.45) is 0 Å². The van der Waals surface area contributed by atoms with E-state index in [-0.39, 0.29) is 12.4 Å². The Bertz CT molecular complexity index is 147. The minimum atomic E-state index is -0.723. The largest absolute Gasteiger partial charge is 0.481 e. The Balaban J connectivity index is 0. The second-order valence-corrected chi connectivity index (χ2v) is 2.90. The Hall–Kier alpha value is -0.580. The minimum absolute atomic E-state index is 0.211. The molecule has 0 aliphatic rings. The first-order valence-corrected chi connectivity index (χ1v) is 5.07. The van der Waals surface area contributed by atoms with Crippen LogP contribution in [0.2, 0.25) is 0 Å². The van der Waals surface area contributed by atoms with Crippen LogP contribution in [0, 0.1) is 0 Å². The minimum Gasteiger partial charge on any atom is -0.481 e. The van der Waals surface area contributed by atoms with Crippen LogP contribution in [-0.4, -0.2) is 29.0 Å². The third kappa shape index (κ3) is 24.6. The summed E-state index contributed by atoms with van der Waals surface area (Å²) in [6, 6.07) is 0. The lowest BCUT2D eigenvalue weighted by molar-refractivity contribution is -0.140. The second-order valence-electron chi connectivity index (χ2n) is 2.11. The summed E-state index contributed by atoms with van der Waals surface area (Å²) in [6.07, 6.45) is 0.987. The lowest BCUT2D eigenvalue weighted by Gasteiger charge is -1.89. The van der Waals surface area contributed by atoms with Gasteiger partial charge >= 0.3 is 11.9 Å². The van der Waals surface area contributed by atoms with Gasteiger partial charge in [0.25, 0.3) is 0 Å². The Kier molecular flexibility index (Phi) is 13.1. The Morgan fingerprint density at radius 3 is 2.08 bits per heavy atom. The number of rotatable bonds is 4. The maximum absolute atomic E-state index is 9.82. The number of carbonyl (C=O) groups excluding carboxylic acids is 1. The average molecular weight is 255 g/mol. The molecule has 0 bridgehead atoms. The quantitative estimate of drug-likeness (QED) is 0.614. The number of carboxylic acids is 1. The number of carboxylic acid groups (broad SMARTS) is 1. The van der Waals surface area contributed by atoms with Crippen LogP contribution in [-0.2, 0) is 14.3 Å². The molecule has 0 amide bonds. The van der Waals surface area contributed by atoms with Crippen LogP contribution in [0.4, 0.5) is 0 Å². The number of ether oxygens (including phenoxy) is 1. The zero-order chi connectivity index (χ0) is 10.7. The third-order valence-corrected chi connectivity index (χ3v) is 1.43. The first kappa shape index (κ1) is 14.9. The highest BCUT2D eigenvalue weighted by molar-refractivity contribution is 9.09. The number of carbonyl (C=O) groups is 2. The molecule has 0 heterocycles. The van der Waals surface area contributed by atoms with Crippen LogP contribution in [0.15, 0.2) is 0 Å². The summed E-state index contributed by atoms with van der Waals surface area (Å²) in [4.78, 5) is 19.6. The molecule has 0 saturated heterocycles. The van der Waals surface area contributed by atoms with Crippen molar-refractivity contribution in [2.75, 3.05) is 11.9 Å². The van der Waals surface area contributed by atoms with E-state index in [1.165, 1.54) is 6.92 Å². The molecule has 0 spiro atoms. The van der Waals surface area contributed by atoms with Crippen molar-refractivity contribution in [2.45, 2.75) is 26.7 Å².